The molecule has 0 radical (unpaired) electrons. The zero-order valence-corrected chi connectivity index (χ0v) is 20.1. The molecule has 2 N–H and O–H groups in total. The van der Waals surface area contributed by atoms with Gasteiger partial charge in [0.25, 0.3) is 0 Å². The minimum atomic E-state index is -4.57. The van der Waals surface area contributed by atoms with E-state index >= 15 is 0 Å². The number of benzene rings is 2. The van der Waals surface area contributed by atoms with Crippen molar-refractivity contribution in [3.8, 4) is 23.0 Å². The van der Waals surface area contributed by atoms with Crippen LogP contribution in [0.1, 0.15) is 50.7 Å². The number of carbonyl (C=O) groups is 1. The Hall–Kier alpha value is -3.14. The molecule has 0 unspecified atom stereocenters. The van der Waals surface area contributed by atoms with Crippen molar-refractivity contribution in [2.75, 3.05) is 26.6 Å². The normalized spacial score (nSPS) is 11.3. The van der Waals surface area contributed by atoms with E-state index in [4.69, 9.17) is 18.4 Å². The number of hydrogen-bond acceptors (Lipinski definition) is 7. The third-order valence-corrected chi connectivity index (χ3v) is 5.51. The SMILES string of the molecule is COc1cc(OC)c(OS(=O)(=O)NC(=O)Nc2c(C(C)C)cccc2C(C)C)c(OC)c1. The van der Waals surface area contributed by atoms with Crippen LogP contribution in [-0.4, -0.2) is 35.8 Å². The van der Waals surface area contributed by atoms with Crippen LogP contribution in [0.25, 0.3) is 0 Å². The largest absolute Gasteiger partial charge is 0.496 e. The Labute approximate surface area is 189 Å². The number of anilines is 1. The zero-order valence-electron chi connectivity index (χ0n) is 19.3. The van der Waals surface area contributed by atoms with Gasteiger partial charge in [-0.15, -0.1) is 0 Å². The molecular weight excluding hydrogens is 436 g/mol. The van der Waals surface area contributed by atoms with Crippen LogP contribution in [-0.2, 0) is 10.3 Å². The van der Waals surface area contributed by atoms with E-state index in [1.54, 1.807) is 0 Å². The highest BCUT2D eigenvalue weighted by molar-refractivity contribution is 7.85. The number of carbonyl (C=O) groups excluding carboxylic acids is 1. The number of methoxy groups -OCH3 is 3. The second kappa shape index (κ2) is 10.4. The summed E-state index contributed by atoms with van der Waals surface area (Å²) in [5.74, 6) is 0.495. The summed E-state index contributed by atoms with van der Waals surface area (Å²) in [6, 6.07) is 7.61. The van der Waals surface area contributed by atoms with E-state index < -0.39 is 16.3 Å². The number of amides is 2. The second-order valence-corrected chi connectivity index (χ2v) is 8.85. The number of hydrogen-bond donors (Lipinski definition) is 2. The van der Waals surface area contributed by atoms with Crippen LogP contribution in [0.4, 0.5) is 10.5 Å². The second-order valence-electron chi connectivity index (χ2n) is 7.58. The first-order valence-electron chi connectivity index (χ1n) is 9.98. The molecule has 32 heavy (non-hydrogen) atoms. The maximum absolute atomic E-state index is 12.6. The lowest BCUT2D eigenvalue weighted by atomic mass is 9.93. The minimum absolute atomic E-state index is 0.0548. The van der Waals surface area contributed by atoms with Crippen LogP contribution >= 0.6 is 0 Å². The molecule has 0 aliphatic heterocycles. The van der Waals surface area contributed by atoms with Crippen molar-refractivity contribution < 1.29 is 31.6 Å². The van der Waals surface area contributed by atoms with Crippen LogP contribution in [0.5, 0.6) is 23.0 Å². The summed E-state index contributed by atoms with van der Waals surface area (Å²) in [7, 11) is -0.451. The molecule has 0 aromatic heterocycles. The monoisotopic (exact) mass is 466 g/mol. The van der Waals surface area contributed by atoms with Gasteiger partial charge in [-0.2, -0.15) is 8.42 Å². The smallest absolute Gasteiger partial charge is 0.411 e. The Morgan fingerprint density at radius 1 is 0.875 bits per heavy atom. The molecule has 2 aromatic rings. The van der Waals surface area contributed by atoms with Gasteiger partial charge in [0.15, 0.2) is 11.5 Å². The first kappa shape index (κ1) is 25.1. The van der Waals surface area contributed by atoms with Crippen LogP contribution in [0.15, 0.2) is 30.3 Å². The number of nitrogens with one attached hydrogen (secondary N) is 2. The number of para-hydroxylation sites is 1. The molecule has 2 aromatic carbocycles. The maximum atomic E-state index is 12.6. The molecule has 10 heteroatoms. The number of ether oxygens (including phenoxy) is 3. The van der Waals surface area contributed by atoms with Gasteiger partial charge in [-0.25, -0.2) is 9.52 Å². The van der Waals surface area contributed by atoms with Crippen molar-refractivity contribution in [2.45, 2.75) is 39.5 Å². The molecule has 2 rings (SSSR count). The lowest BCUT2D eigenvalue weighted by Crippen LogP contribution is -2.37. The van der Waals surface area contributed by atoms with E-state index in [-0.39, 0.29) is 29.1 Å². The number of rotatable bonds is 9. The van der Waals surface area contributed by atoms with Crippen LogP contribution in [0.3, 0.4) is 0 Å². The Morgan fingerprint density at radius 3 is 1.78 bits per heavy atom. The third-order valence-electron chi connectivity index (χ3n) is 4.69. The van der Waals surface area contributed by atoms with Crippen molar-refractivity contribution in [3.63, 3.8) is 0 Å². The highest BCUT2D eigenvalue weighted by Crippen LogP contribution is 2.41. The lowest BCUT2D eigenvalue weighted by molar-refractivity contribution is 0.255. The third kappa shape index (κ3) is 5.97. The fourth-order valence-electron chi connectivity index (χ4n) is 3.13. The van der Waals surface area contributed by atoms with Gasteiger partial charge in [0.1, 0.15) is 5.75 Å². The summed E-state index contributed by atoms with van der Waals surface area (Å²) in [5, 5.41) is 2.67. The highest BCUT2D eigenvalue weighted by atomic mass is 32.2. The quantitative estimate of drug-likeness (QED) is 0.563. The Bertz CT molecular complexity index is 1010. The molecule has 0 bridgehead atoms. The standard InChI is InChI=1S/C22H30N2O7S/c1-13(2)16-9-8-10-17(14(3)4)20(16)23-22(25)24-32(26,27)31-21-18(29-6)11-15(28-5)12-19(21)30-7/h8-14H,1-7H3,(H2,23,24,25). The topological polar surface area (TPSA) is 112 Å². The van der Waals surface area contributed by atoms with Gasteiger partial charge in [-0.1, -0.05) is 45.9 Å². The molecule has 0 fully saturated rings. The van der Waals surface area contributed by atoms with Crippen molar-refractivity contribution in [3.05, 3.63) is 41.5 Å². The van der Waals surface area contributed by atoms with E-state index in [1.165, 1.54) is 33.5 Å². The molecule has 0 spiro atoms. The van der Waals surface area contributed by atoms with Crippen molar-refractivity contribution in [1.82, 2.24) is 4.72 Å². The van der Waals surface area contributed by atoms with Gasteiger partial charge < -0.3 is 23.7 Å². The van der Waals surface area contributed by atoms with Crippen molar-refractivity contribution >= 4 is 22.0 Å². The summed E-state index contributed by atoms with van der Waals surface area (Å²) in [6.45, 7) is 7.96. The molecule has 0 saturated carbocycles. The molecule has 0 saturated heterocycles. The molecule has 9 nitrogen and oxygen atoms in total. The Kier molecular flexibility index (Phi) is 8.20. The van der Waals surface area contributed by atoms with Gasteiger partial charge >= 0.3 is 16.3 Å². The van der Waals surface area contributed by atoms with Crippen molar-refractivity contribution in [1.29, 1.82) is 0 Å². The molecule has 0 atom stereocenters. The fourth-order valence-corrected chi connectivity index (χ4v) is 3.84. The molecular formula is C22H30N2O7S. The Morgan fingerprint density at radius 2 is 1.38 bits per heavy atom. The predicted octanol–water partition coefficient (Wildman–Crippen LogP) is 4.40. The lowest BCUT2D eigenvalue weighted by Gasteiger charge is -2.20. The van der Waals surface area contributed by atoms with Gasteiger partial charge in [0, 0.05) is 17.8 Å². The van der Waals surface area contributed by atoms with E-state index in [0.29, 0.717) is 11.4 Å². The molecule has 0 heterocycles. The summed E-state index contributed by atoms with van der Waals surface area (Å²) >= 11 is 0. The average Bonchev–Trinajstić information content (AvgIpc) is 2.72. The number of urea groups is 1. The highest BCUT2D eigenvalue weighted by Gasteiger charge is 2.25. The summed E-state index contributed by atoms with van der Waals surface area (Å²) in [6.07, 6.45) is 0. The predicted molar refractivity (Wildman–Crippen MR) is 122 cm³/mol. The van der Waals surface area contributed by atoms with Crippen LogP contribution < -0.4 is 28.4 Å². The van der Waals surface area contributed by atoms with E-state index in [2.05, 4.69) is 5.32 Å². The minimum Gasteiger partial charge on any atom is -0.496 e. The molecule has 176 valence electrons. The summed E-state index contributed by atoms with van der Waals surface area (Å²) < 4.78 is 47.7. The van der Waals surface area contributed by atoms with Gasteiger partial charge in [0.05, 0.1) is 21.3 Å². The summed E-state index contributed by atoms with van der Waals surface area (Å²) in [4.78, 5) is 12.6. The fraction of sp³-hybridized carbons (Fsp3) is 0.409. The molecule has 2 amide bonds. The average molecular weight is 467 g/mol. The van der Waals surface area contributed by atoms with E-state index in [9.17, 15) is 13.2 Å². The summed E-state index contributed by atoms with van der Waals surface area (Å²) in [5.41, 5.74) is 2.36. The van der Waals surface area contributed by atoms with Gasteiger partial charge in [-0.05, 0) is 23.0 Å². The van der Waals surface area contributed by atoms with Crippen LogP contribution in [0.2, 0.25) is 0 Å². The van der Waals surface area contributed by atoms with Crippen LogP contribution in [0, 0.1) is 0 Å². The van der Waals surface area contributed by atoms with E-state index in [0.717, 1.165) is 11.1 Å². The Balaban J connectivity index is 2.31. The first-order chi connectivity index (χ1) is 15.0. The van der Waals surface area contributed by atoms with E-state index in [1.807, 2.05) is 50.6 Å². The maximum Gasteiger partial charge on any atom is 0.411 e. The zero-order chi connectivity index (χ0) is 24.1. The van der Waals surface area contributed by atoms with Gasteiger partial charge in [0.2, 0.25) is 5.75 Å². The molecule has 0 aliphatic carbocycles. The first-order valence-corrected chi connectivity index (χ1v) is 11.4. The van der Waals surface area contributed by atoms with Gasteiger partial charge in [-0.3, -0.25) is 0 Å². The van der Waals surface area contributed by atoms with Crippen molar-refractivity contribution in [2.24, 2.45) is 0 Å². The molecule has 0 aliphatic rings.